The standard InChI is InChI=1S/C15H30O5/c1-3-5-7-9-11(16)13-15(19,10-8-6-4-2)12(17)14(18)20-13/h11-14,16-19H,3-10H2,1-2H3/t11?,12-,13+,14?,15-/m0/s1. The number of aliphatic hydroxyl groups is 4. The second-order valence-corrected chi connectivity index (χ2v) is 5.90. The fourth-order valence-corrected chi connectivity index (χ4v) is 2.88. The lowest BCUT2D eigenvalue weighted by molar-refractivity contribution is -0.150. The Balaban J connectivity index is 2.65. The molecule has 0 amide bonds. The van der Waals surface area contributed by atoms with Crippen LogP contribution in [0.5, 0.6) is 0 Å². The van der Waals surface area contributed by atoms with Gasteiger partial charge in [-0.05, 0) is 12.8 Å². The van der Waals surface area contributed by atoms with E-state index in [1.54, 1.807) is 0 Å². The van der Waals surface area contributed by atoms with Crippen LogP contribution in [0, 0.1) is 0 Å². The van der Waals surface area contributed by atoms with E-state index in [1.807, 2.05) is 0 Å². The summed E-state index contributed by atoms with van der Waals surface area (Å²) < 4.78 is 5.22. The van der Waals surface area contributed by atoms with Gasteiger partial charge in [-0.25, -0.2) is 0 Å². The van der Waals surface area contributed by atoms with Gasteiger partial charge in [0.15, 0.2) is 6.29 Å². The molecule has 0 aromatic carbocycles. The Morgan fingerprint density at radius 1 is 1.05 bits per heavy atom. The molecule has 20 heavy (non-hydrogen) atoms. The fourth-order valence-electron chi connectivity index (χ4n) is 2.88. The second-order valence-electron chi connectivity index (χ2n) is 5.90. The lowest BCUT2D eigenvalue weighted by atomic mass is 9.83. The average molecular weight is 290 g/mol. The number of unbranched alkanes of at least 4 members (excludes halogenated alkanes) is 4. The molecule has 0 bridgehead atoms. The smallest absolute Gasteiger partial charge is 0.184 e. The molecule has 5 nitrogen and oxygen atoms in total. The van der Waals surface area contributed by atoms with Crippen LogP contribution in [0.4, 0.5) is 0 Å². The Bertz CT molecular complexity index is 273. The fraction of sp³-hybridized carbons (Fsp3) is 1.00. The molecule has 0 aromatic rings. The highest BCUT2D eigenvalue weighted by molar-refractivity contribution is 5.03. The number of hydrogen-bond donors (Lipinski definition) is 4. The topological polar surface area (TPSA) is 90.2 Å². The Hall–Kier alpha value is -0.200. The van der Waals surface area contributed by atoms with Crippen molar-refractivity contribution in [2.75, 3.05) is 0 Å². The van der Waals surface area contributed by atoms with Gasteiger partial charge in [0.25, 0.3) is 0 Å². The van der Waals surface area contributed by atoms with Crippen LogP contribution < -0.4 is 0 Å². The predicted octanol–water partition coefficient (Wildman–Crippen LogP) is 1.32. The minimum Gasteiger partial charge on any atom is -0.390 e. The molecule has 0 aliphatic carbocycles. The molecule has 1 heterocycles. The van der Waals surface area contributed by atoms with Crippen molar-refractivity contribution in [1.29, 1.82) is 0 Å². The van der Waals surface area contributed by atoms with E-state index >= 15 is 0 Å². The molecule has 1 saturated heterocycles. The van der Waals surface area contributed by atoms with E-state index in [1.165, 1.54) is 0 Å². The molecule has 5 atom stereocenters. The Labute approximate surface area is 121 Å². The lowest BCUT2D eigenvalue weighted by Gasteiger charge is -2.33. The molecule has 0 radical (unpaired) electrons. The molecule has 4 N–H and O–H groups in total. The predicted molar refractivity (Wildman–Crippen MR) is 76.1 cm³/mol. The van der Waals surface area contributed by atoms with E-state index in [2.05, 4.69) is 13.8 Å². The van der Waals surface area contributed by atoms with Crippen LogP contribution >= 0.6 is 0 Å². The summed E-state index contributed by atoms with van der Waals surface area (Å²) in [5, 5.41) is 40.5. The highest BCUT2D eigenvalue weighted by Gasteiger charge is 2.56. The first kappa shape index (κ1) is 17.9. The maximum atomic E-state index is 10.6. The molecule has 120 valence electrons. The first-order valence-corrected chi connectivity index (χ1v) is 7.89. The Kier molecular flexibility index (Phi) is 7.40. The molecule has 1 aliphatic heterocycles. The summed E-state index contributed by atoms with van der Waals surface area (Å²) in [5.41, 5.74) is -1.56. The van der Waals surface area contributed by atoms with Crippen molar-refractivity contribution in [3.05, 3.63) is 0 Å². The molecule has 1 aliphatic rings. The summed E-state index contributed by atoms with van der Waals surface area (Å²) in [7, 11) is 0. The third-order valence-electron chi connectivity index (χ3n) is 4.19. The van der Waals surface area contributed by atoms with E-state index < -0.39 is 30.2 Å². The van der Waals surface area contributed by atoms with E-state index in [0.717, 1.165) is 38.5 Å². The summed E-state index contributed by atoms with van der Waals surface area (Å²) >= 11 is 0. The molecule has 5 heteroatoms. The van der Waals surface area contributed by atoms with Crippen molar-refractivity contribution < 1.29 is 25.2 Å². The van der Waals surface area contributed by atoms with Gasteiger partial charge in [0, 0.05) is 0 Å². The third kappa shape index (κ3) is 4.15. The van der Waals surface area contributed by atoms with Crippen molar-refractivity contribution in [2.45, 2.75) is 95.4 Å². The minimum absolute atomic E-state index is 0.328. The maximum absolute atomic E-state index is 10.6. The molecule has 2 unspecified atom stereocenters. The van der Waals surface area contributed by atoms with Crippen LogP contribution in [0.25, 0.3) is 0 Å². The van der Waals surface area contributed by atoms with Crippen molar-refractivity contribution in [3.63, 3.8) is 0 Å². The van der Waals surface area contributed by atoms with Crippen LogP contribution in [-0.4, -0.2) is 50.6 Å². The van der Waals surface area contributed by atoms with E-state index in [-0.39, 0.29) is 0 Å². The van der Waals surface area contributed by atoms with Crippen molar-refractivity contribution in [3.8, 4) is 0 Å². The summed E-state index contributed by atoms with van der Waals surface area (Å²) in [6.07, 6.45) is 1.84. The second kappa shape index (κ2) is 8.29. The molecule has 0 aromatic heterocycles. The quantitative estimate of drug-likeness (QED) is 0.481. The molecule has 1 rings (SSSR count). The van der Waals surface area contributed by atoms with Crippen LogP contribution in [0.2, 0.25) is 0 Å². The third-order valence-corrected chi connectivity index (χ3v) is 4.19. The molecule has 1 fully saturated rings. The van der Waals surface area contributed by atoms with E-state index in [4.69, 9.17) is 4.74 Å². The normalized spacial score (nSPS) is 35.4. The van der Waals surface area contributed by atoms with Crippen molar-refractivity contribution in [2.24, 2.45) is 0 Å². The first-order valence-electron chi connectivity index (χ1n) is 7.89. The first-order chi connectivity index (χ1) is 9.47. The van der Waals surface area contributed by atoms with E-state index in [0.29, 0.717) is 12.8 Å². The molecule has 0 saturated carbocycles. The van der Waals surface area contributed by atoms with Crippen LogP contribution in [0.15, 0.2) is 0 Å². The van der Waals surface area contributed by atoms with E-state index in [9.17, 15) is 20.4 Å². The zero-order valence-electron chi connectivity index (χ0n) is 12.7. The Morgan fingerprint density at radius 2 is 1.65 bits per heavy atom. The van der Waals surface area contributed by atoms with Gasteiger partial charge in [0.05, 0.1) is 6.10 Å². The van der Waals surface area contributed by atoms with Gasteiger partial charge >= 0.3 is 0 Å². The van der Waals surface area contributed by atoms with Gasteiger partial charge in [0.2, 0.25) is 0 Å². The van der Waals surface area contributed by atoms with Crippen LogP contribution in [-0.2, 0) is 4.74 Å². The summed E-state index contributed by atoms with van der Waals surface area (Å²) in [4.78, 5) is 0. The molecule has 0 spiro atoms. The summed E-state index contributed by atoms with van der Waals surface area (Å²) in [6.45, 7) is 4.13. The summed E-state index contributed by atoms with van der Waals surface area (Å²) in [5.74, 6) is 0. The number of ether oxygens (including phenoxy) is 1. The van der Waals surface area contributed by atoms with Gasteiger partial charge in [-0.3, -0.25) is 0 Å². The van der Waals surface area contributed by atoms with Crippen LogP contribution in [0.1, 0.15) is 65.2 Å². The van der Waals surface area contributed by atoms with Crippen LogP contribution in [0.3, 0.4) is 0 Å². The maximum Gasteiger partial charge on any atom is 0.184 e. The van der Waals surface area contributed by atoms with Gasteiger partial charge in [0.1, 0.15) is 17.8 Å². The lowest BCUT2D eigenvalue weighted by Crippen LogP contribution is -2.52. The highest BCUT2D eigenvalue weighted by atomic mass is 16.7. The average Bonchev–Trinajstić information content (AvgIpc) is 2.64. The summed E-state index contributed by atoms with van der Waals surface area (Å²) in [6, 6.07) is 0. The van der Waals surface area contributed by atoms with Crippen molar-refractivity contribution in [1.82, 2.24) is 0 Å². The van der Waals surface area contributed by atoms with Gasteiger partial charge < -0.3 is 25.2 Å². The minimum atomic E-state index is -1.56. The number of hydrogen-bond acceptors (Lipinski definition) is 5. The molecular formula is C15H30O5. The van der Waals surface area contributed by atoms with Gasteiger partial charge in [-0.1, -0.05) is 52.4 Å². The SMILES string of the molecule is CCCCCC(O)[C@H]1OC(O)[C@H](O)[C@@]1(O)CCCCC. The largest absolute Gasteiger partial charge is 0.390 e. The number of rotatable bonds is 9. The highest BCUT2D eigenvalue weighted by Crippen LogP contribution is 2.37. The zero-order chi connectivity index (χ0) is 15.2. The van der Waals surface area contributed by atoms with Crippen molar-refractivity contribution >= 4 is 0 Å². The number of aliphatic hydroxyl groups excluding tert-OH is 3. The molecular weight excluding hydrogens is 260 g/mol. The Morgan fingerprint density at radius 3 is 2.25 bits per heavy atom. The van der Waals surface area contributed by atoms with Gasteiger partial charge in [-0.15, -0.1) is 0 Å². The zero-order valence-corrected chi connectivity index (χ0v) is 12.7. The monoisotopic (exact) mass is 290 g/mol. The van der Waals surface area contributed by atoms with Gasteiger partial charge in [-0.2, -0.15) is 0 Å².